The molecule has 0 spiro atoms. The minimum Gasteiger partial charge on any atom is -0.473 e. The zero-order valence-corrected chi connectivity index (χ0v) is 14.7. The van der Waals surface area contributed by atoms with Crippen LogP contribution in [0.5, 0.6) is 0 Å². The number of aliphatic carboxylic acids is 2. The summed E-state index contributed by atoms with van der Waals surface area (Å²) < 4.78 is 5.11. The smallest absolute Gasteiger partial charge is 0.414 e. The molecule has 8 heteroatoms. The summed E-state index contributed by atoms with van der Waals surface area (Å²) in [6.45, 7) is 4.89. The molecule has 1 fully saturated rings. The van der Waals surface area contributed by atoms with E-state index in [0.29, 0.717) is 6.61 Å². The summed E-state index contributed by atoms with van der Waals surface area (Å²) in [7, 11) is 0. The Morgan fingerprint density at radius 1 is 1.24 bits per heavy atom. The van der Waals surface area contributed by atoms with Gasteiger partial charge in [0.25, 0.3) is 0 Å². The number of carboxylic acids is 2. The number of carboxylic acid groups (broad SMARTS) is 2. The number of rotatable bonds is 4. The largest absolute Gasteiger partial charge is 0.473 e. The molecule has 0 radical (unpaired) electrons. The van der Waals surface area contributed by atoms with Crippen LogP contribution < -0.4 is 0 Å². The molecule has 1 aromatic carbocycles. The fourth-order valence-electron chi connectivity index (χ4n) is 2.52. The van der Waals surface area contributed by atoms with Crippen molar-refractivity contribution in [2.75, 3.05) is 19.7 Å². The van der Waals surface area contributed by atoms with Gasteiger partial charge in [0.1, 0.15) is 0 Å². The van der Waals surface area contributed by atoms with Crippen molar-refractivity contribution in [1.29, 1.82) is 0 Å². The summed E-state index contributed by atoms with van der Waals surface area (Å²) >= 11 is 6.17. The first kappa shape index (κ1) is 20.9. The lowest BCUT2D eigenvalue weighted by Gasteiger charge is -2.31. The second-order valence-electron chi connectivity index (χ2n) is 5.53. The van der Waals surface area contributed by atoms with E-state index < -0.39 is 11.9 Å². The number of carbonyl (C=O) groups is 3. The molecule has 0 amide bonds. The van der Waals surface area contributed by atoms with Gasteiger partial charge in [0, 0.05) is 18.1 Å². The third-order valence-electron chi connectivity index (χ3n) is 3.66. The molecule has 25 heavy (non-hydrogen) atoms. The van der Waals surface area contributed by atoms with E-state index in [1.807, 2.05) is 31.2 Å². The highest BCUT2D eigenvalue weighted by atomic mass is 35.5. The van der Waals surface area contributed by atoms with Crippen LogP contribution >= 0.6 is 11.6 Å². The summed E-state index contributed by atoms with van der Waals surface area (Å²) in [4.78, 5) is 32.3. The Balaban J connectivity index is 0.000000450. The Morgan fingerprint density at radius 3 is 2.44 bits per heavy atom. The van der Waals surface area contributed by atoms with Crippen molar-refractivity contribution in [3.8, 4) is 0 Å². The number of hydrogen-bond donors (Lipinski definition) is 2. The zero-order valence-electron chi connectivity index (χ0n) is 14.0. The monoisotopic (exact) mass is 371 g/mol. The lowest BCUT2D eigenvalue weighted by molar-refractivity contribution is -0.159. The van der Waals surface area contributed by atoms with Crippen LogP contribution in [0.2, 0.25) is 5.02 Å². The molecule has 0 saturated carbocycles. The molecular formula is C17H22ClNO6. The number of hydrogen-bond acceptors (Lipinski definition) is 5. The van der Waals surface area contributed by atoms with Gasteiger partial charge in [0.15, 0.2) is 0 Å². The molecule has 1 saturated heterocycles. The highest BCUT2D eigenvalue weighted by molar-refractivity contribution is 6.31. The van der Waals surface area contributed by atoms with Gasteiger partial charge in [-0.2, -0.15) is 0 Å². The van der Waals surface area contributed by atoms with Gasteiger partial charge in [0.05, 0.1) is 12.5 Å². The van der Waals surface area contributed by atoms with Gasteiger partial charge in [-0.15, -0.1) is 0 Å². The van der Waals surface area contributed by atoms with E-state index in [4.69, 9.17) is 36.1 Å². The van der Waals surface area contributed by atoms with Crippen molar-refractivity contribution in [2.45, 2.75) is 26.3 Å². The number of nitrogens with zero attached hydrogens (tertiary/aromatic N) is 1. The molecular weight excluding hydrogens is 350 g/mol. The third kappa shape index (κ3) is 7.53. The molecule has 1 aliphatic heterocycles. The molecule has 7 nitrogen and oxygen atoms in total. The van der Waals surface area contributed by atoms with Crippen molar-refractivity contribution >= 4 is 29.5 Å². The number of likely N-dealkylation sites (tertiary alicyclic amines) is 1. The van der Waals surface area contributed by atoms with Crippen molar-refractivity contribution < 1.29 is 29.3 Å². The number of halogens is 1. The Kier molecular flexibility index (Phi) is 8.94. The Bertz CT molecular complexity index is 595. The highest BCUT2D eigenvalue weighted by Crippen LogP contribution is 2.22. The van der Waals surface area contributed by atoms with E-state index in [0.717, 1.165) is 43.1 Å². The molecule has 1 aliphatic rings. The van der Waals surface area contributed by atoms with E-state index in [1.165, 1.54) is 0 Å². The van der Waals surface area contributed by atoms with Crippen LogP contribution in [-0.4, -0.2) is 52.7 Å². The summed E-state index contributed by atoms with van der Waals surface area (Å²) in [6, 6.07) is 7.87. The summed E-state index contributed by atoms with van der Waals surface area (Å²) in [5.74, 6) is -3.70. The predicted octanol–water partition coefficient (Wildman–Crippen LogP) is 2.27. The standard InChI is InChI=1S/C15H20ClNO2.C2H2O4/c1-2-19-15(18)13-7-5-9-17(11-13)10-12-6-3-4-8-14(12)16;3-1(4)2(5)6/h3-4,6,8,13H,2,5,7,9-11H2,1H3;(H,3,4)(H,5,6). The van der Waals surface area contributed by atoms with Crippen molar-refractivity contribution in [2.24, 2.45) is 5.92 Å². The molecule has 1 aromatic rings. The fourth-order valence-corrected chi connectivity index (χ4v) is 2.71. The molecule has 1 unspecified atom stereocenters. The van der Waals surface area contributed by atoms with Crippen molar-refractivity contribution in [3.05, 3.63) is 34.9 Å². The molecule has 0 bridgehead atoms. The lowest BCUT2D eigenvalue weighted by Crippen LogP contribution is -2.38. The molecule has 1 atom stereocenters. The van der Waals surface area contributed by atoms with E-state index >= 15 is 0 Å². The minimum atomic E-state index is -1.82. The number of ether oxygens (including phenoxy) is 1. The van der Waals surface area contributed by atoms with Crippen LogP contribution in [0.4, 0.5) is 0 Å². The summed E-state index contributed by atoms with van der Waals surface area (Å²) in [5.41, 5.74) is 1.12. The molecule has 1 heterocycles. The molecule has 2 rings (SSSR count). The topological polar surface area (TPSA) is 104 Å². The Morgan fingerprint density at radius 2 is 1.88 bits per heavy atom. The second-order valence-corrected chi connectivity index (χ2v) is 5.94. The fraction of sp³-hybridized carbons (Fsp3) is 0.471. The maximum atomic E-state index is 11.8. The zero-order chi connectivity index (χ0) is 18.8. The number of piperidine rings is 1. The van der Waals surface area contributed by atoms with Gasteiger partial charge in [-0.3, -0.25) is 9.69 Å². The van der Waals surface area contributed by atoms with Crippen LogP contribution in [-0.2, 0) is 25.7 Å². The van der Waals surface area contributed by atoms with Crippen LogP contribution in [0, 0.1) is 5.92 Å². The van der Waals surface area contributed by atoms with Crippen LogP contribution in [0.25, 0.3) is 0 Å². The van der Waals surface area contributed by atoms with E-state index in [1.54, 1.807) is 0 Å². The number of benzene rings is 1. The summed E-state index contributed by atoms with van der Waals surface area (Å²) in [5, 5.41) is 15.6. The van der Waals surface area contributed by atoms with Gasteiger partial charge in [-0.25, -0.2) is 9.59 Å². The van der Waals surface area contributed by atoms with Crippen LogP contribution in [0.1, 0.15) is 25.3 Å². The average Bonchev–Trinajstić information content (AvgIpc) is 2.58. The maximum Gasteiger partial charge on any atom is 0.414 e. The first-order valence-electron chi connectivity index (χ1n) is 7.93. The van der Waals surface area contributed by atoms with E-state index in [-0.39, 0.29) is 11.9 Å². The molecule has 138 valence electrons. The first-order chi connectivity index (χ1) is 11.8. The van der Waals surface area contributed by atoms with E-state index in [9.17, 15) is 4.79 Å². The van der Waals surface area contributed by atoms with Gasteiger partial charge < -0.3 is 14.9 Å². The van der Waals surface area contributed by atoms with Gasteiger partial charge in [-0.05, 0) is 37.9 Å². The number of esters is 1. The number of carbonyl (C=O) groups excluding carboxylic acids is 1. The van der Waals surface area contributed by atoms with Gasteiger partial charge >= 0.3 is 17.9 Å². The quantitative estimate of drug-likeness (QED) is 0.618. The van der Waals surface area contributed by atoms with E-state index in [2.05, 4.69) is 4.90 Å². The maximum absolute atomic E-state index is 11.8. The SMILES string of the molecule is CCOC(=O)C1CCCN(Cc2ccccc2Cl)C1.O=C(O)C(=O)O. The lowest BCUT2D eigenvalue weighted by atomic mass is 9.98. The highest BCUT2D eigenvalue weighted by Gasteiger charge is 2.26. The molecule has 0 aromatic heterocycles. The second kappa shape index (κ2) is 10.7. The van der Waals surface area contributed by atoms with Gasteiger partial charge in [0.2, 0.25) is 0 Å². The van der Waals surface area contributed by atoms with Crippen LogP contribution in [0.15, 0.2) is 24.3 Å². The normalized spacial score (nSPS) is 17.1. The Labute approximate surface area is 151 Å². The average molecular weight is 372 g/mol. The van der Waals surface area contributed by atoms with Crippen LogP contribution in [0.3, 0.4) is 0 Å². The Hall–Kier alpha value is -2.12. The van der Waals surface area contributed by atoms with Crippen molar-refractivity contribution in [1.82, 2.24) is 4.90 Å². The summed E-state index contributed by atoms with van der Waals surface area (Å²) in [6.07, 6.45) is 1.96. The molecule has 2 N–H and O–H groups in total. The van der Waals surface area contributed by atoms with Gasteiger partial charge in [-0.1, -0.05) is 29.8 Å². The first-order valence-corrected chi connectivity index (χ1v) is 8.31. The minimum absolute atomic E-state index is 0.0104. The third-order valence-corrected chi connectivity index (χ3v) is 4.03. The molecule has 0 aliphatic carbocycles. The van der Waals surface area contributed by atoms with Crippen molar-refractivity contribution in [3.63, 3.8) is 0 Å². The predicted molar refractivity (Wildman–Crippen MR) is 91.4 cm³/mol.